The second-order valence-electron chi connectivity index (χ2n) is 3.39. The number of hydrogen-bond donors (Lipinski definition) is 0. The third kappa shape index (κ3) is 7.16. The first-order valence-electron chi connectivity index (χ1n) is 4.50. The fraction of sp³-hybridized carbons (Fsp3) is 1.00. The molecule has 0 aliphatic heterocycles. The molecule has 0 saturated carbocycles. The minimum atomic E-state index is -0.820. The number of rotatable bonds is 7. The van der Waals surface area contributed by atoms with E-state index in [1.807, 2.05) is 0 Å². The molecular weight excluding hydrogens is 188 g/mol. The first kappa shape index (κ1) is 13.1. The van der Waals surface area contributed by atoms with Gasteiger partial charge in [-0.25, -0.2) is 0 Å². The molecule has 0 fully saturated rings. The summed E-state index contributed by atoms with van der Waals surface area (Å²) >= 11 is 0. The lowest BCUT2D eigenvalue weighted by molar-refractivity contribution is -0.0847. The SMILES string of the molecule is COC(CS(=O)CCC(C)C)OC. The molecule has 0 aliphatic rings. The topological polar surface area (TPSA) is 35.5 Å². The molecule has 0 rings (SSSR count). The predicted octanol–water partition coefficient (Wildman–Crippen LogP) is 1.40. The van der Waals surface area contributed by atoms with E-state index >= 15 is 0 Å². The Bertz CT molecular complexity index is 144. The van der Waals surface area contributed by atoms with E-state index in [0.717, 1.165) is 12.2 Å². The zero-order valence-electron chi connectivity index (χ0n) is 8.91. The highest BCUT2D eigenvalue weighted by Gasteiger charge is 2.10. The van der Waals surface area contributed by atoms with Crippen LogP contribution in [0.25, 0.3) is 0 Å². The van der Waals surface area contributed by atoms with Crippen molar-refractivity contribution in [1.82, 2.24) is 0 Å². The van der Waals surface area contributed by atoms with Crippen LogP contribution in [0.2, 0.25) is 0 Å². The van der Waals surface area contributed by atoms with Crippen molar-refractivity contribution in [3.63, 3.8) is 0 Å². The van der Waals surface area contributed by atoms with Gasteiger partial charge in [-0.05, 0) is 12.3 Å². The first-order chi connectivity index (χ1) is 6.10. The predicted molar refractivity (Wildman–Crippen MR) is 55.1 cm³/mol. The van der Waals surface area contributed by atoms with Gasteiger partial charge in [0.15, 0.2) is 6.29 Å². The standard InChI is InChI=1S/C9H20O3S/c1-8(2)5-6-13(10)7-9(11-3)12-4/h8-9H,5-7H2,1-4H3. The molecule has 0 saturated heterocycles. The van der Waals surface area contributed by atoms with E-state index in [4.69, 9.17) is 9.47 Å². The highest BCUT2D eigenvalue weighted by molar-refractivity contribution is 7.85. The van der Waals surface area contributed by atoms with Gasteiger partial charge in [0.2, 0.25) is 0 Å². The van der Waals surface area contributed by atoms with E-state index in [0.29, 0.717) is 11.7 Å². The summed E-state index contributed by atoms with van der Waals surface area (Å²) < 4.78 is 21.4. The maximum atomic E-state index is 11.4. The molecule has 0 bridgehead atoms. The molecule has 0 radical (unpaired) electrons. The van der Waals surface area contributed by atoms with Crippen molar-refractivity contribution in [2.75, 3.05) is 25.7 Å². The van der Waals surface area contributed by atoms with Crippen LogP contribution in [0.1, 0.15) is 20.3 Å². The molecule has 1 unspecified atom stereocenters. The van der Waals surface area contributed by atoms with Crippen LogP contribution in [0.4, 0.5) is 0 Å². The lowest BCUT2D eigenvalue weighted by Gasteiger charge is -2.12. The summed E-state index contributed by atoms with van der Waals surface area (Å²) in [6.45, 7) is 4.25. The van der Waals surface area contributed by atoms with Gasteiger partial charge >= 0.3 is 0 Å². The normalized spacial score (nSPS) is 14.0. The fourth-order valence-electron chi connectivity index (χ4n) is 0.835. The van der Waals surface area contributed by atoms with Gasteiger partial charge in [0.25, 0.3) is 0 Å². The second-order valence-corrected chi connectivity index (χ2v) is 5.02. The number of methoxy groups -OCH3 is 2. The Hall–Kier alpha value is 0.0700. The van der Waals surface area contributed by atoms with E-state index in [1.54, 1.807) is 14.2 Å². The van der Waals surface area contributed by atoms with Gasteiger partial charge in [0, 0.05) is 30.8 Å². The smallest absolute Gasteiger partial charge is 0.168 e. The Kier molecular flexibility index (Phi) is 7.51. The van der Waals surface area contributed by atoms with Crippen molar-refractivity contribution in [2.45, 2.75) is 26.6 Å². The van der Waals surface area contributed by atoms with Crippen LogP contribution >= 0.6 is 0 Å². The minimum Gasteiger partial charge on any atom is -0.355 e. The monoisotopic (exact) mass is 208 g/mol. The molecule has 4 heteroatoms. The summed E-state index contributed by atoms with van der Waals surface area (Å²) in [5.41, 5.74) is 0. The minimum absolute atomic E-state index is 0.326. The summed E-state index contributed by atoms with van der Waals surface area (Å²) in [6.07, 6.45) is 0.667. The zero-order chi connectivity index (χ0) is 10.3. The maximum Gasteiger partial charge on any atom is 0.168 e. The van der Waals surface area contributed by atoms with E-state index in [9.17, 15) is 4.21 Å². The van der Waals surface area contributed by atoms with Crippen molar-refractivity contribution in [3.8, 4) is 0 Å². The average Bonchev–Trinajstić information content (AvgIpc) is 2.10. The average molecular weight is 208 g/mol. The first-order valence-corrected chi connectivity index (χ1v) is 5.99. The van der Waals surface area contributed by atoms with E-state index < -0.39 is 10.8 Å². The summed E-state index contributed by atoms with van der Waals surface area (Å²) in [7, 11) is 2.31. The van der Waals surface area contributed by atoms with Gasteiger partial charge in [-0.1, -0.05) is 13.8 Å². The van der Waals surface area contributed by atoms with Crippen molar-refractivity contribution in [2.24, 2.45) is 5.92 Å². The molecule has 0 aromatic heterocycles. The van der Waals surface area contributed by atoms with Crippen LogP contribution in [0.3, 0.4) is 0 Å². The Labute approximate surface area is 83.3 Å². The van der Waals surface area contributed by atoms with E-state index in [-0.39, 0.29) is 6.29 Å². The van der Waals surface area contributed by atoms with Gasteiger partial charge in [-0.3, -0.25) is 4.21 Å². The molecule has 0 N–H and O–H groups in total. The van der Waals surface area contributed by atoms with Gasteiger partial charge < -0.3 is 9.47 Å². The highest BCUT2D eigenvalue weighted by Crippen LogP contribution is 2.03. The third-order valence-corrected chi connectivity index (χ3v) is 3.11. The third-order valence-electron chi connectivity index (χ3n) is 1.77. The summed E-state index contributed by atoms with van der Waals surface area (Å²) in [5.74, 6) is 1.81. The molecule has 0 amide bonds. The molecule has 3 nitrogen and oxygen atoms in total. The van der Waals surface area contributed by atoms with Crippen molar-refractivity contribution in [1.29, 1.82) is 0 Å². The van der Waals surface area contributed by atoms with Crippen LogP contribution in [0, 0.1) is 5.92 Å². The summed E-state index contributed by atoms with van der Waals surface area (Å²) in [6, 6.07) is 0. The quantitative estimate of drug-likeness (QED) is 0.593. The zero-order valence-corrected chi connectivity index (χ0v) is 9.73. The molecular formula is C9H20O3S. The Morgan fingerprint density at radius 2 is 1.77 bits per heavy atom. The number of hydrogen-bond acceptors (Lipinski definition) is 3. The molecule has 0 spiro atoms. The summed E-state index contributed by atoms with van der Waals surface area (Å²) in [5, 5.41) is 0. The summed E-state index contributed by atoms with van der Waals surface area (Å²) in [4.78, 5) is 0. The highest BCUT2D eigenvalue weighted by atomic mass is 32.2. The van der Waals surface area contributed by atoms with Crippen LogP contribution < -0.4 is 0 Å². The lowest BCUT2D eigenvalue weighted by Crippen LogP contribution is -2.22. The second kappa shape index (κ2) is 7.47. The van der Waals surface area contributed by atoms with Crippen LogP contribution in [0.15, 0.2) is 0 Å². The lowest BCUT2D eigenvalue weighted by atomic mass is 10.2. The molecule has 0 heterocycles. The maximum absolute atomic E-state index is 11.4. The Morgan fingerprint density at radius 3 is 2.15 bits per heavy atom. The number of ether oxygens (including phenoxy) is 2. The van der Waals surface area contributed by atoms with Gasteiger partial charge in [0.05, 0.1) is 5.75 Å². The van der Waals surface area contributed by atoms with Crippen LogP contribution in [-0.4, -0.2) is 36.2 Å². The van der Waals surface area contributed by atoms with Crippen LogP contribution in [0.5, 0.6) is 0 Å². The molecule has 0 aromatic rings. The van der Waals surface area contributed by atoms with Gasteiger partial charge in [-0.2, -0.15) is 0 Å². The fourth-order valence-corrected chi connectivity index (χ4v) is 2.31. The largest absolute Gasteiger partial charge is 0.355 e. The van der Waals surface area contributed by atoms with Gasteiger partial charge in [-0.15, -0.1) is 0 Å². The molecule has 1 atom stereocenters. The Morgan fingerprint density at radius 1 is 1.23 bits per heavy atom. The Balaban J connectivity index is 3.60. The van der Waals surface area contributed by atoms with Crippen molar-refractivity contribution in [3.05, 3.63) is 0 Å². The van der Waals surface area contributed by atoms with Crippen LogP contribution in [-0.2, 0) is 20.3 Å². The van der Waals surface area contributed by atoms with Crippen molar-refractivity contribution >= 4 is 10.8 Å². The molecule has 13 heavy (non-hydrogen) atoms. The van der Waals surface area contributed by atoms with E-state index in [2.05, 4.69) is 13.8 Å². The molecule has 80 valence electrons. The molecule has 0 aromatic carbocycles. The van der Waals surface area contributed by atoms with Crippen molar-refractivity contribution < 1.29 is 13.7 Å². The molecule has 0 aliphatic carbocycles. The van der Waals surface area contributed by atoms with Gasteiger partial charge in [0.1, 0.15) is 0 Å². The van der Waals surface area contributed by atoms with E-state index in [1.165, 1.54) is 0 Å².